The zero-order valence-electron chi connectivity index (χ0n) is 19.2. The minimum atomic E-state index is -0.871. The molecule has 0 aliphatic carbocycles. The quantitative estimate of drug-likeness (QED) is 0.223. The second-order valence-electron chi connectivity index (χ2n) is 8.74. The summed E-state index contributed by atoms with van der Waals surface area (Å²) in [5.41, 5.74) is 6.19. The van der Waals surface area contributed by atoms with Gasteiger partial charge in [0.15, 0.2) is 0 Å². The molecule has 2 heterocycles. The first-order chi connectivity index (χ1) is 16.9. The zero-order valence-corrected chi connectivity index (χ0v) is 20.7. The minimum absolute atomic E-state index is 0.386. The average Bonchev–Trinajstić information content (AvgIpc) is 3.37. The number of hydrogen-bond acceptors (Lipinski definition) is 2. The SMILES string of the molecule is Cc1c(CN[C@H](Cc2c[nH]c3ccccc23)C(=O)O)c2ccccc2n1Cc1ccc(Cl)cc1Cl. The topological polar surface area (TPSA) is 70.1 Å². The Balaban J connectivity index is 1.43. The summed E-state index contributed by atoms with van der Waals surface area (Å²) in [6, 6.07) is 20.9. The molecule has 7 heteroatoms. The van der Waals surface area contributed by atoms with Crippen LogP contribution in [0.25, 0.3) is 21.8 Å². The summed E-state index contributed by atoms with van der Waals surface area (Å²) in [4.78, 5) is 15.4. The van der Waals surface area contributed by atoms with E-state index in [0.29, 0.717) is 29.6 Å². The highest BCUT2D eigenvalue weighted by molar-refractivity contribution is 6.35. The van der Waals surface area contributed by atoms with E-state index >= 15 is 0 Å². The van der Waals surface area contributed by atoms with Crippen molar-refractivity contribution < 1.29 is 9.90 Å². The van der Waals surface area contributed by atoms with Gasteiger partial charge < -0.3 is 14.7 Å². The monoisotopic (exact) mass is 505 g/mol. The molecule has 3 aromatic carbocycles. The molecule has 178 valence electrons. The summed E-state index contributed by atoms with van der Waals surface area (Å²) in [6.45, 7) is 3.10. The van der Waals surface area contributed by atoms with Crippen LogP contribution in [-0.2, 0) is 24.3 Å². The largest absolute Gasteiger partial charge is 0.480 e. The van der Waals surface area contributed by atoms with Crippen LogP contribution in [0, 0.1) is 6.92 Å². The van der Waals surface area contributed by atoms with Crippen LogP contribution < -0.4 is 5.32 Å². The molecule has 0 saturated heterocycles. The molecule has 1 atom stereocenters. The molecule has 0 bridgehead atoms. The number of fused-ring (bicyclic) bond motifs is 2. The summed E-state index contributed by atoms with van der Waals surface area (Å²) in [5.74, 6) is -0.871. The van der Waals surface area contributed by atoms with Crippen LogP contribution in [-0.4, -0.2) is 26.7 Å². The second-order valence-corrected chi connectivity index (χ2v) is 9.58. The van der Waals surface area contributed by atoms with E-state index in [0.717, 1.165) is 44.2 Å². The van der Waals surface area contributed by atoms with Gasteiger partial charge in [-0.05, 0) is 47.9 Å². The van der Waals surface area contributed by atoms with Gasteiger partial charge in [-0.25, -0.2) is 0 Å². The number of aliphatic carboxylic acids is 1. The maximum Gasteiger partial charge on any atom is 0.321 e. The number of carboxylic acid groups (broad SMARTS) is 1. The van der Waals surface area contributed by atoms with Gasteiger partial charge in [0.25, 0.3) is 0 Å². The molecule has 0 aliphatic heterocycles. The number of carboxylic acids is 1. The number of aromatic nitrogens is 2. The maximum absolute atomic E-state index is 12.1. The summed E-state index contributed by atoms with van der Waals surface area (Å²) in [6.07, 6.45) is 2.28. The predicted molar refractivity (Wildman–Crippen MR) is 143 cm³/mol. The number of rotatable bonds is 8. The second kappa shape index (κ2) is 9.78. The summed E-state index contributed by atoms with van der Waals surface area (Å²) < 4.78 is 2.22. The molecule has 0 spiro atoms. The van der Waals surface area contributed by atoms with Gasteiger partial charge in [0.1, 0.15) is 6.04 Å². The normalized spacial score (nSPS) is 12.4. The third-order valence-electron chi connectivity index (χ3n) is 6.63. The van der Waals surface area contributed by atoms with E-state index in [1.54, 1.807) is 6.07 Å². The average molecular weight is 506 g/mol. The zero-order chi connectivity index (χ0) is 24.5. The highest BCUT2D eigenvalue weighted by Gasteiger charge is 2.21. The molecule has 0 saturated carbocycles. The lowest BCUT2D eigenvalue weighted by Crippen LogP contribution is -2.38. The van der Waals surface area contributed by atoms with Crippen LogP contribution in [0.5, 0.6) is 0 Å². The summed E-state index contributed by atoms with van der Waals surface area (Å²) in [5, 5.41) is 16.6. The Morgan fingerprint density at radius 3 is 2.54 bits per heavy atom. The molecular weight excluding hydrogens is 481 g/mol. The van der Waals surface area contributed by atoms with Crippen LogP contribution in [0.2, 0.25) is 10.0 Å². The molecule has 0 amide bonds. The van der Waals surface area contributed by atoms with Crippen molar-refractivity contribution in [1.82, 2.24) is 14.9 Å². The predicted octanol–water partition coefficient (Wildman–Crippen LogP) is 6.57. The third-order valence-corrected chi connectivity index (χ3v) is 7.21. The van der Waals surface area contributed by atoms with E-state index in [1.165, 1.54) is 0 Å². The number of nitrogens with zero attached hydrogens (tertiary/aromatic N) is 1. The number of benzene rings is 3. The Bertz CT molecular complexity index is 1540. The molecule has 35 heavy (non-hydrogen) atoms. The maximum atomic E-state index is 12.1. The first kappa shape index (κ1) is 23.5. The van der Waals surface area contributed by atoms with Crippen LogP contribution in [0.15, 0.2) is 72.9 Å². The van der Waals surface area contributed by atoms with Crippen LogP contribution >= 0.6 is 23.2 Å². The standard InChI is InChI=1S/C28H25Cl2N3O2/c1-17-23(15-32-26(28(34)35)12-19-14-31-25-8-4-2-6-21(19)25)22-7-3-5-9-27(22)33(17)16-18-10-11-20(29)13-24(18)30/h2-11,13-14,26,31-32H,12,15-16H2,1H3,(H,34,35)/t26-/m1/s1. The van der Waals surface area contributed by atoms with Gasteiger partial charge >= 0.3 is 5.97 Å². The molecule has 5 nitrogen and oxygen atoms in total. The molecular formula is C28H25Cl2N3O2. The summed E-state index contributed by atoms with van der Waals surface area (Å²) in [7, 11) is 0. The van der Waals surface area contributed by atoms with Crippen molar-refractivity contribution in [3.05, 3.63) is 105 Å². The van der Waals surface area contributed by atoms with Crippen molar-refractivity contribution in [3.8, 4) is 0 Å². The highest BCUT2D eigenvalue weighted by atomic mass is 35.5. The van der Waals surface area contributed by atoms with E-state index in [4.69, 9.17) is 23.2 Å². The molecule has 3 N–H and O–H groups in total. The Kier molecular flexibility index (Phi) is 6.56. The number of para-hydroxylation sites is 2. The fourth-order valence-corrected chi connectivity index (χ4v) is 5.21. The fourth-order valence-electron chi connectivity index (χ4n) is 4.74. The van der Waals surface area contributed by atoms with Gasteiger partial charge in [0.05, 0.1) is 0 Å². The van der Waals surface area contributed by atoms with Gasteiger partial charge in [-0.1, -0.05) is 65.7 Å². The lowest BCUT2D eigenvalue weighted by atomic mass is 10.0. The van der Waals surface area contributed by atoms with Crippen LogP contribution in [0.4, 0.5) is 0 Å². The van der Waals surface area contributed by atoms with Gasteiger partial charge in [-0.2, -0.15) is 0 Å². The molecule has 2 aromatic heterocycles. The number of carbonyl (C=O) groups is 1. The Hall–Kier alpha value is -3.25. The van der Waals surface area contributed by atoms with Crippen molar-refractivity contribution in [2.45, 2.75) is 32.5 Å². The third kappa shape index (κ3) is 4.67. The lowest BCUT2D eigenvalue weighted by Gasteiger charge is -2.15. The van der Waals surface area contributed by atoms with Crippen molar-refractivity contribution in [3.63, 3.8) is 0 Å². The number of aromatic amines is 1. The molecule has 5 rings (SSSR count). The van der Waals surface area contributed by atoms with Crippen molar-refractivity contribution >= 4 is 51.0 Å². The smallest absolute Gasteiger partial charge is 0.321 e. The highest BCUT2D eigenvalue weighted by Crippen LogP contribution is 2.29. The number of nitrogens with one attached hydrogen (secondary N) is 2. The Labute approximate surface area is 213 Å². The molecule has 0 unspecified atom stereocenters. The first-order valence-corrected chi connectivity index (χ1v) is 12.2. The molecule has 5 aromatic rings. The van der Waals surface area contributed by atoms with E-state index in [2.05, 4.69) is 33.9 Å². The van der Waals surface area contributed by atoms with Gasteiger partial charge in [0, 0.05) is 63.3 Å². The number of hydrogen-bond donors (Lipinski definition) is 3. The molecule has 0 fully saturated rings. The minimum Gasteiger partial charge on any atom is -0.480 e. The Morgan fingerprint density at radius 2 is 1.77 bits per heavy atom. The van der Waals surface area contributed by atoms with Crippen LogP contribution in [0.3, 0.4) is 0 Å². The lowest BCUT2D eigenvalue weighted by molar-refractivity contribution is -0.139. The van der Waals surface area contributed by atoms with Crippen molar-refractivity contribution in [1.29, 1.82) is 0 Å². The van der Waals surface area contributed by atoms with Crippen LogP contribution in [0.1, 0.15) is 22.4 Å². The Morgan fingerprint density at radius 1 is 1.03 bits per heavy atom. The van der Waals surface area contributed by atoms with E-state index in [1.807, 2.05) is 54.7 Å². The van der Waals surface area contributed by atoms with E-state index < -0.39 is 12.0 Å². The van der Waals surface area contributed by atoms with Gasteiger partial charge in [0.2, 0.25) is 0 Å². The fraction of sp³-hybridized carbons (Fsp3) is 0.179. The van der Waals surface area contributed by atoms with Gasteiger partial charge in [-0.3, -0.25) is 10.1 Å². The van der Waals surface area contributed by atoms with Crippen molar-refractivity contribution in [2.75, 3.05) is 0 Å². The van der Waals surface area contributed by atoms with E-state index in [9.17, 15) is 9.90 Å². The van der Waals surface area contributed by atoms with E-state index in [-0.39, 0.29) is 0 Å². The summed E-state index contributed by atoms with van der Waals surface area (Å²) >= 11 is 12.5. The van der Waals surface area contributed by atoms with Crippen molar-refractivity contribution in [2.24, 2.45) is 0 Å². The first-order valence-electron chi connectivity index (χ1n) is 11.4. The molecule has 0 aliphatic rings. The molecule has 0 radical (unpaired) electrons. The van der Waals surface area contributed by atoms with Gasteiger partial charge in [-0.15, -0.1) is 0 Å². The number of halogens is 2. The number of H-pyrrole nitrogens is 1.